The first-order valence-corrected chi connectivity index (χ1v) is 9.93. The first kappa shape index (κ1) is 21.4. The molecular weight excluding hydrogens is 452 g/mol. The fourth-order valence-corrected chi connectivity index (χ4v) is 2.68. The Balaban J connectivity index is 1.44. The fourth-order valence-electron chi connectivity index (χ4n) is 2.41. The Kier molecular flexibility index (Phi) is 7.86. The van der Waals surface area contributed by atoms with Gasteiger partial charge in [0.25, 0.3) is 0 Å². The zero-order valence-corrected chi connectivity index (χ0v) is 17.5. The molecule has 0 fully saturated rings. The Morgan fingerprint density at radius 2 is 1.43 bits per heavy atom. The van der Waals surface area contributed by atoms with Gasteiger partial charge in [-0.2, -0.15) is 0 Å². The van der Waals surface area contributed by atoms with E-state index >= 15 is 0 Å². The molecule has 3 rings (SSSR count). The minimum absolute atomic E-state index is 0.0960. The fraction of sp³-hybridized carbons (Fsp3) is 0.130. The SMILES string of the molecule is O=C(COc1ccc(Br)cc1)Oc1cccc(C(=O)OCCOc2ccccc2)c1. The lowest BCUT2D eigenvalue weighted by Crippen LogP contribution is -2.18. The van der Waals surface area contributed by atoms with Crippen LogP contribution in [0, 0.1) is 0 Å². The molecule has 0 unspecified atom stereocenters. The summed E-state index contributed by atoms with van der Waals surface area (Å²) in [6.07, 6.45) is 0. The molecule has 0 spiro atoms. The third-order valence-corrected chi connectivity index (χ3v) is 4.33. The van der Waals surface area contributed by atoms with Crippen LogP contribution in [0.15, 0.2) is 83.3 Å². The molecule has 0 aromatic heterocycles. The second-order valence-electron chi connectivity index (χ2n) is 6.04. The molecule has 154 valence electrons. The summed E-state index contributed by atoms with van der Waals surface area (Å²) >= 11 is 3.33. The molecule has 3 aromatic carbocycles. The van der Waals surface area contributed by atoms with Crippen molar-refractivity contribution in [2.75, 3.05) is 19.8 Å². The molecule has 7 heteroatoms. The van der Waals surface area contributed by atoms with Gasteiger partial charge in [-0.05, 0) is 54.6 Å². The predicted molar refractivity (Wildman–Crippen MR) is 114 cm³/mol. The molecule has 6 nitrogen and oxygen atoms in total. The minimum atomic E-state index is -0.584. The van der Waals surface area contributed by atoms with E-state index in [2.05, 4.69) is 15.9 Å². The molecule has 0 amide bonds. The van der Waals surface area contributed by atoms with Gasteiger partial charge in [0.05, 0.1) is 5.56 Å². The number of ether oxygens (including phenoxy) is 4. The molecule has 30 heavy (non-hydrogen) atoms. The lowest BCUT2D eigenvalue weighted by Gasteiger charge is -2.09. The topological polar surface area (TPSA) is 71.1 Å². The standard InChI is InChI=1S/C23H19BrO6/c24-18-9-11-20(12-10-18)29-16-22(25)30-21-8-4-5-17(15-21)23(26)28-14-13-27-19-6-2-1-3-7-19/h1-12,15H,13-14,16H2. The van der Waals surface area contributed by atoms with Gasteiger partial charge in [0.15, 0.2) is 6.61 Å². The largest absolute Gasteiger partial charge is 0.490 e. The number of esters is 2. The number of halogens is 1. The van der Waals surface area contributed by atoms with Gasteiger partial charge in [0.2, 0.25) is 0 Å². The van der Waals surface area contributed by atoms with Gasteiger partial charge in [-0.1, -0.05) is 40.2 Å². The molecule has 0 aliphatic carbocycles. The second-order valence-corrected chi connectivity index (χ2v) is 6.96. The molecule has 0 heterocycles. The van der Waals surface area contributed by atoms with E-state index in [1.807, 2.05) is 30.3 Å². The van der Waals surface area contributed by atoms with Crippen molar-refractivity contribution in [1.82, 2.24) is 0 Å². The van der Waals surface area contributed by atoms with E-state index in [1.54, 1.807) is 42.5 Å². The van der Waals surface area contributed by atoms with Crippen molar-refractivity contribution in [2.24, 2.45) is 0 Å². The molecule has 3 aromatic rings. The predicted octanol–water partition coefficient (Wildman–Crippen LogP) is 4.67. The third-order valence-electron chi connectivity index (χ3n) is 3.80. The average Bonchev–Trinajstić information content (AvgIpc) is 2.77. The van der Waals surface area contributed by atoms with Crippen LogP contribution in [0.25, 0.3) is 0 Å². The summed E-state index contributed by atoms with van der Waals surface area (Å²) in [5, 5.41) is 0. The van der Waals surface area contributed by atoms with Crippen LogP contribution in [-0.2, 0) is 9.53 Å². The monoisotopic (exact) mass is 470 g/mol. The summed E-state index contributed by atoms with van der Waals surface area (Å²) in [5.41, 5.74) is 0.272. The van der Waals surface area contributed by atoms with Gasteiger partial charge >= 0.3 is 11.9 Å². The van der Waals surface area contributed by atoms with E-state index in [9.17, 15) is 9.59 Å². The first-order chi connectivity index (χ1) is 14.6. The van der Waals surface area contributed by atoms with Crippen LogP contribution in [0.1, 0.15) is 10.4 Å². The highest BCUT2D eigenvalue weighted by atomic mass is 79.9. The summed E-state index contributed by atoms with van der Waals surface area (Å²) in [5.74, 6) is 0.364. The van der Waals surface area contributed by atoms with Gasteiger partial charge in [0.1, 0.15) is 30.5 Å². The number of hydrogen-bond donors (Lipinski definition) is 0. The quantitative estimate of drug-likeness (QED) is 0.257. The van der Waals surface area contributed by atoms with Crippen LogP contribution in [0.2, 0.25) is 0 Å². The number of benzene rings is 3. The Hall–Kier alpha value is -3.32. The van der Waals surface area contributed by atoms with Crippen molar-refractivity contribution in [3.63, 3.8) is 0 Å². The van der Waals surface area contributed by atoms with Crippen LogP contribution in [0.4, 0.5) is 0 Å². The molecule has 0 radical (unpaired) electrons. The van der Waals surface area contributed by atoms with Gasteiger partial charge in [-0.3, -0.25) is 0 Å². The maximum absolute atomic E-state index is 12.2. The van der Waals surface area contributed by atoms with Gasteiger partial charge in [-0.15, -0.1) is 0 Å². The summed E-state index contributed by atoms with van der Waals surface area (Å²) in [7, 11) is 0. The second kappa shape index (κ2) is 11.0. The summed E-state index contributed by atoms with van der Waals surface area (Å²) < 4.78 is 22.2. The lowest BCUT2D eigenvalue weighted by molar-refractivity contribution is -0.136. The van der Waals surface area contributed by atoms with Crippen molar-refractivity contribution in [1.29, 1.82) is 0 Å². The van der Waals surface area contributed by atoms with E-state index < -0.39 is 11.9 Å². The molecule has 0 bridgehead atoms. The number of carbonyl (C=O) groups excluding carboxylic acids is 2. The molecule has 0 saturated carbocycles. The lowest BCUT2D eigenvalue weighted by atomic mass is 10.2. The Labute approximate surface area is 182 Å². The van der Waals surface area contributed by atoms with Crippen LogP contribution in [0.3, 0.4) is 0 Å². The maximum atomic E-state index is 12.2. The van der Waals surface area contributed by atoms with Gasteiger partial charge in [-0.25, -0.2) is 9.59 Å². The van der Waals surface area contributed by atoms with Crippen LogP contribution in [-0.4, -0.2) is 31.8 Å². The number of carbonyl (C=O) groups is 2. The Morgan fingerprint density at radius 3 is 2.20 bits per heavy atom. The van der Waals surface area contributed by atoms with E-state index in [4.69, 9.17) is 18.9 Å². The zero-order chi connectivity index (χ0) is 21.2. The van der Waals surface area contributed by atoms with Gasteiger partial charge < -0.3 is 18.9 Å². The van der Waals surface area contributed by atoms with Gasteiger partial charge in [0, 0.05) is 4.47 Å². The number of hydrogen-bond acceptors (Lipinski definition) is 6. The van der Waals surface area contributed by atoms with Crippen molar-refractivity contribution >= 4 is 27.9 Å². The van der Waals surface area contributed by atoms with E-state index in [-0.39, 0.29) is 31.1 Å². The zero-order valence-electron chi connectivity index (χ0n) is 16.0. The minimum Gasteiger partial charge on any atom is -0.490 e. The van der Waals surface area contributed by atoms with Crippen LogP contribution in [0.5, 0.6) is 17.2 Å². The smallest absolute Gasteiger partial charge is 0.349 e. The van der Waals surface area contributed by atoms with E-state index in [0.717, 1.165) is 4.47 Å². The first-order valence-electron chi connectivity index (χ1n) is 9.14. The molecular formula is C23H19BrO6. The highest BCUT2D eigenvalue weighted by Gasteiger charge is 2.11. The van der Waals surface area contributed by atoms with Crippen LogP contribution < -0.4 is 14.2 Å². The van der Waals surface area contributed by atoms with Crippen molar-refractivity contribution in [2.45, 2.75) is 0 Å². The molecule has 0 saturated heterocycles. The summed E-state index contributed by atoms with van der Waals surface area (Å²) in [6, 6.07) is 22.5. The van der Waals surface area contributed by atoms with Crippen molar-refractivity contribution < 1.29 is 28.5 Å². The highest BCUT2D eigenvalue weighted by Crippen LogP contribution is 2.17. The molecule has 0 aliphatic heterocycles. The summed E-state index contributed by atoms with van der Waals surface area (Å²) in [4.78, 5) is 24.2. The molecule has 0 atom stereocenters. The molecule has 0 N–H and O–H groups in total. The Bertz CT molecular complexity index is 972. The maximum Gasteiger partial charge on any atom is 0.349 e. The summed E-state index contributed by atoms with van der Waals surface area (Å²) in [6.45, 7) is 0.0731. The van der Waals surface area contributed by atoms with Crippen molar-refractivity contribution in [3.05, 3.63) is 88.9 Å². The third kappa shape index (κ3) is 6.93. The van der Waals surface area contributed by atoms with E-state index in [0.29, 0.717) is 11.5 Å². The number of rotatable bonds is 9. The normalized spacial score (nSPS) is 10.2. The van der Waals surface area contributed by atoms with Crippen LogP contribution >= 0.6 is 15.9 Å². The van der Waals surface area contributed by atoms with E-state index in [1.165, 1.54) is 6.07 Å². The highest BCUT2D eigenvalue weighted by molar-refractivity contribution is 9.10. The molecule has 0 aliphatic rings. The number of para-hydroxylation sites is 1. The average molecular weight is 471 g/mol. The Morgan fingerprint density at radius 1 is 0.733 bits per heavy atom. The van der Waals surface area contributed by atoms with Crippen molar-refractivity contribution in [3.8, 4) is 17.2 Å².